The zero-order chi connectivity index (χ0) is 25.7. The van der Waals surface area contributed by atoms with E-state index in [-0.39, 0.29) is 23.5 Å². The molecule has 186 valence electrons. The number of nitrogens with zero attached hydrogens (tertiary/aromatic N) is 3. The summed E-state index contributed by atoms with van der Waals surface area (Å²) in [7, 11) is 0. The van der Waals surface area contributed by atoms with Crippen molar-refractivity contribution >= 4 is 40.0 Å². The van der Waals surface area contributed by atoms with Crippen LogP contribution in [-0.4, -0.2) is 32.3 Å². The third-order valence-corrected chi connectivity index (χ3v) is 6.76. The van der Waals surface area contributed by atoms with E-state index in [1.807, 2.05) is 67.8 Å². The van der Waals surface area contributed by atoms with Crippen LogP contribution in [0.1, 0.15) is 43.0 Å². The number of hydrogen-bond acceptors (Lipinski definition) is 5. The van der Waals surface area contributed by atoms with Crippen LogP contribution in [0.2, 0.25) is 0 Å². The lowest BCUT2D eigenvalue weighted by Gasteiger charge is -2.22. The minimum Gasteiger partial charge on any atom is -0.342 e. The van der Waals surface area contributed by atoms with Gasteiger partial charge >= 0.3 is 0 Å². The van der Waals surface area contributed by atoms with E-state index < -0.39 is 11.9 Å². The van der Waals surface area contributed by atoms with Gasteiger partial charge in [0.1, 0.15) is 5.82 Å². The van der Waals surface area contributed by atoms with Gasteiger partial charge in [-0.3, -0.25) is 9.59 Å². The number of rotatable bonds is 9. The quantitative estimate of drug-likeness (QED) is 0.295. The fourth-order valence-corrected chi connectivity index (χ4v) is 4.75. The van der Waals surface area contributed by atoms with E-state index in [1.54, 1.807) is 0 Å². The highest BCUT2D eigenvalue weighted by molar-refractivity contribution is 7.99. The Kier molecular flexibility index (Phi) is 8.00. The first kappa shape index (κ1) is 25.4. The summed E-state index contributed by atoms with van der Waals surface area (Å²) in [6.45, 7) is 6.50. The van der Waals surface area contributed by atoms with Crippen LogP contribution in [0.5, 0.6) is 0 Å². The van der Waals surface area contributed by atoms with Crippen molar-refractivity contribution in [1.82, 2.24) is 20.1 Å². The molecule has 0 saturated carbocycles. The molecule has 0 bridgehead atoms. The maximum Gasteiger partial charge on any atom is 0.251 e. The van der Waals surface area contributed by atoms with Gasteiger partial charge in [0.2, 0.25) is 5.91 Å². The summed E-state index contributed by atoms with van der Waals surface area (Å²) in [5.74, 6) is -0.0629. The van der Waals surface area contributed by atoms with Gasteiger partial charge < -0.3 is 15.2 Å². The molecule has 1 aromatic heterocycles. The second-order valence-electron chi connectivity index (χ2n) is 8.65. The third-order valence-electron chi connectivity index (χ3n) is 5.80. The van der Waals surface area contributed by atoms with Gasteiger partial charge in [-0.05, 0) is 48.6 Å². The number of carbonyl (C=O) groups is 2. The molecule has 2 N–H and O–H groups in total. The van der Waals surface area contributed by atoms with E-state index in [4.69, 9.17) is 0 Å². The number of thioether (sulfide) groups is 1. The van der Waals surface area contributed by atoms with Crippen LogP contribution in [0.4, 0.5) is 10.1 Å². The minimum absolute atomic E-state index is 0.0245. The molecule has 1 heterocycles. The van der Waals surface area contributed by atoms with Crippen molar-refractivity contribution in [2.24, 2.45) is 5.92 Å². The van der Waals surface area contributed by atoms with Crippen molar-refractivity contribution in [3.8, 4) is 0 Å². The highest BCUT2D eigenvalue weighted by Gasteiger charge is 2.26. The SMILES string of the molecule is CCn1c(SCC(=O)Nc2cccc3ccccc23)nnc1[C@H](NC(=O)c1ccc(F)cc1)C(C)C. The largest absolute Gasteiger partial charge is 0.342 e. The van der Waals surface area contributed by atoms with Crippen LogP contribution in [0.3, 0.4) is 0 Å². The lowest BCUT2D eigenvalue weighted by molar-refractivity contribution is -0.113. The van der Waals surface area contributed by atoms with Gasteiger partial charge in [0.25, 0.3) is 5.91 Å². The van der Waals surface area contributed by atoms with Crippen molar-refractivity contribution in [2.45, 2.75) is 38.5 Å². The molecule has 0 aliphatic carbocycles. The maximum atomic E-state index is 13.2. The summed E-state index contributed by atoms with van der Waals surface area (Å²) < 4.78 is 15.2. The van der Waals surface area contributed by atoms with Gasteiger partial charge in [-0.1, -0.05) is 62.0 Å². The second-order valence-corrected chi connectivity index (χ2v) is 9.59. The summed E-state index contributed by atoms with van der Waals surface area (Å²) in [6.07, 6.45) is 0. The Hall–Kier alpha value is -3.72. The fraction of sp³-hybridized carbons (Fsp3) is 0.259. The highest BCUT2D eigenvalue weighted by Crippen LogP contribution is 2.27. The molecular formula is C27H28FN5O2S. The molecule has 1 atom stereocenters. The third kappa shape index (κ3) is 5.73. The Bertz CT molecular complexity index is 1370. The van der Waals surface area contributed by atoms with Gasteiger partial charge in [0, 0.05) is 23.2 Å². The van der Waals surface area contributed by atoms with Crippen molar-refractivity contribution in [3.63, 3.8) is 0 Å². The molecule has 2 amide bonds. The van der Waals surface area contributed by atoms with Gasteiger partial charge in [0.15, 0.2) is 11.0 Å². The van der Waals surface area contributed by atoms with E-state index in [1.165, 1.54) is 36.0 Å². The topological polar surface area (TPSA) is 88.9 Å². The Morgan fingerprint density at radius 1 is 1.00 bits per heavy atom. The number of fused-ring (bicyclic) bond motifs is 1. The molecule has 9 heteroatoms. The van der Waals surface area contributed by atoms with Crippen molar-refractivity contribution in [3.05, 3.63) is 83.9 Å². The molecule has 0 unspecified atom stereocenters. The van der Waals surface area contributed by atoms with Gasteiger partial charge in [-0.25, -0.2) is 4.39 Å². The standard InChI is InChI=1S/C27H28FN5O2S/c1-4-33-25(24(17(2)3)30-26(35)19-12-14-20(28)15-13-19)31-32-27(33)36-16-23(34)29-22-11-7-9-18-8-5-6-10-21(18)22/h5-15,17,24H,4,16H2,1-3H3,(H,29,34)(H,30,35)/t24-/m1/s1. The van der Waals surface area contributed by atoms with Gasteiger partial charge in [0.05, 0.1) is 11.8 Å². The normalized spacial score (nSPS) is 12.0. The number of hydrogen-bond donors (Lipinski definition) is 2. The van der Waals surface area contributed by atoms with E-state index in [0.29, 0.717) is 23.1 Å². The van der Waals surface area contributed by atoms with Crippen LogP contribution >= 0.6 is 11.8 Å². The van der Waals surface area contributed by atoms with Crippen LogP contribution in [0.15, 0.2) is 71.9 Å². The number of aromatic nitrogens is 3. The van der Waals surface area contributed by atoms with E-state index in [9.17, 15) is 14.0 Å². The molecule has 0 saturated heterocycles. The maximum absolute atomic E-state index is 13.2. The van der Waals surface area contributed by atoms with Gasteiger partial charge in [-0.15, -0.1) is 10.2 Å². The number of nitrogens with one attached hydrogen (secondary N) is 2. The Morgan fingerprint density at radius 2 is 1.72 bits per heavy atom. The van der Waals surface area contributed by atoms with Crippen LogP contribution < -0.4 is 10.6 Å². The summed E-state index contributed by atoms with van der Waals surface area (Å²) in [4.78, 5) is 25.5. The minimum atomic E-state index is -0.408. The fourth-order valence-electron chi connectivity index (χ4n) is 3.94. The molecule has 7 nitrogen and oxygen atoms in total. The smallest absolute Gasteiger partial charge is 0.251 e. The van der Waals surface area contributed by atoms with Gasteiger partial charge in [-0.2, -0.15) is 0 Å². The molecule has 4 rings (SSSR count). The number of anilines is 1. The number of halogens is 1. The zero-order valence-electron chi connectivity index (χ0n) is 20.4. The molecule has 0 aliphatic heterocycles. The Morgan fingerprint density at radius 3 is 2.44 bits per heavy atom. The highest BCUT2D eigenvalue weighted by atomic mass is 32.2. The average molecular weight is 506 g/mol. The second kappa shape index (κ2) is 11.3. The summed E-state index contributed by atoms with van der Waals surface area (Å²) >= 11 is 1.29. The number of benzene rings is 3. The summed E-state index contributed by atoms with van der Waals surface area (Å²) in [5, 5.41) is 17.3. The first-order valence-corrected chi connectivity index (χ1v) is 12.8. The molecule has 4 aromatic rings. The molecule has 0 spiro atoms. The molecule has 0 aliphatic rings. The molecule has 0 radical (unpaired) electrons. The van der Waals surface area contributed by atoms with Crippen LogP contribution in [0, 0.1) is 11.7 Å². The van der Waals surface area contributed by atoms with Crippen molar-refractivity contribution in [2.75, 3.05) is 11.1 Å². The van der Waals surface area contributed by atoms with E-state index in [2.05, 4.69) is 20.8 Å². The average Bonchev–Trinajstić information content (AvgIpc) is 3.28. The summed E-state index contributed by atoms with van der Waals surface area (Å²) in [5.41, 5.74) is 1.13. The molecule has 0 fully saturated rings. The lowest BCUT2D eigenvalue weighted by atomic mass is 10.0. The molecule has 3 aromatic carbocycles. The predicted molar refractivity (Wildman–Crippen MR) is 140 cm³/mol. The Balaban J connectivity index is 1.46. The number of carbonyl (C=O) groups excluding carboxylic acids is 2. The number of amides is 2. The molecule has 36 heavy (non-hydrogen) atoms. The predicted octanol–water partition coefficient (Wildman–Crippen LogP) is 5.45. The first-order valence-electron chi connectivity index (χ1n) is 11.8. The van der Waals surface area contributed by atoms with E-state index >= 15 is 0 Å². The summed E-state index contributed by atoms with van der Waals surface area (Å²) in [6, 6.07) is 18.7. The molecular weight excluding hydrogens is 477 g/mol. The Labute approximate surface area is 213 Å². The zero-order valence-corrected chi connectivity index (χ0v) is 21.2. The van der Waals surface area contributed by atoms with Crippen molar-refractivity contribution < 1.29 is 14.0 Å². The van der Waals surface area contributed by atoms with E-state index in [0.717, 1.165) is 16.5 Å². The first-order chi connectivity index (χ1) is 17.4. The van der Waals surface area contributed by atoms with Crippen LogP contribution in [0.25, 0.3) is 10.8 Å². The van der Waals surface area contributed by atoms with Crippen molar-refractivity contribution in [1.29, 1.82) is 0 Å². The monoisotopic (exact) mass is 505 g/mol. The lowest BCUT2D eigenvalue weighted by Crippen LogP contribution is -2.33. The van der Waals surface area contributed by atoms with Crippen LogP contribution in [-0.2, 0) is 11.3 Å².